The maximum atomic E-state index is 13.8. The molecule has 0 saturated carbocycles. The molecule has 1 fully saturated rings. The highest BCUT2D eigenvalue weighted by Gasteiger charge is 2.65. The van der Waals surface area contributed by atoms with Crippen molar-refractivity contribution in [1.82, 2.24) is 0 Å². The average molecular weight is 277 g/mol. The maximum Gasteiger partial charge on any atom is 0.349 e. The number of amides is 1. The molecule has 0 aromatic heterocycles. The van der Waals surface area contributed by atoms with Gasteiger partial charge in [-0.05, 0) is 18.2 Å². The SMILES string of the molecule is O=C1N(c2ccccc2)[C@@H](c2ccccc2F)C1(F)F. The van der Waals surface area contributed by atoms with Gasteiger partial charge in [0, 0.05) is 11.3 Å². The minimum atomic E-state index is -3.59. The molecule has 1 atom stereocenters. The molecule has 102 valence electrons. The van der Waals surface area contributed by atoms with Gasteiger partial charge in [0.25, 0.3) is 0 Å². The van der Waals surface area contributed by atoms with Crippen LogP contribution in [0.3, 0.4) is 0 Å². The van der Waals surface area contributed by atoms with E-state index in [2.05, 4.69) is 0 Å². The van der Waals surface area contributed by atoms with Crippen molar-refractivity contribution in [2.75, 3.05) is 4.90 Å². The van der Waals surface area contributed by atoms with E-state index in [1.165, 1.54) is 18.2 Å². The third kappa shape index (κ3) is 1.70. The van der Waals surface area contributed by atoms with Crippen LogP contribution in [0.1, 0.15) is 11.6 Å². The molecule has 3 rings (SSSR count). The van der Waals surface area contributed by atoms with E-state index in [-0.39, 0.29) is 5.56 Å². The molecule has 2 aromatic carbocycles. The van der Waals surface area contributed by atoms with Crippen molar-refractivity contribution in [3.8, 4) is 0 Å². The molecule has 0 spiro atoms. The molecule has 2 aromatic rings. The summed E-state index contributed by atoms with van der Waals surface area (Å²) in [6.45, 7) is 0. The number of β-lactam (4-membered cyclic amide) rings is 1. The Labute approximate surface area is 113 Å². The van der Waals surface area contributed by atoms with E-state index in [9.17, 15) is 18.0 Å². The first-order valence-electron chi connectivity index (χ1n) is 6.04. The highest BCUT2D eigenvalue weighted by atomic mass is 19.3. The van der Waals surface area contributed by atoms with Crippen LogP contribution in [0.4, 0.5) is 18.9 Å². The van der Waals surface area contributed by atoms with Gasteiger partial charge in [-0.2, -0.15) is 8.78 Å². The van der Waals surface area contributed by atoms with E-state index in [0.29, 0.717) is 5.69 Å². The molecule has 20 heavy (non-hydrogen) atoms. The molecule has 0 bridgehead atoms. The van der Waals surface area contributed by atoms with Crippen molar-refractivity contribution in [2.24, 2.45) is 0 Å². The first kappa shape index (κ1) is 12.7. The highest BCUT2D eigenvalue weighted by Crippen LogP contribution is 2.49. The summed E-state index contributed by atoms with van der Waals surface area (Å²) in [5.74, 6) is -5.64. The lowest BCUT2D eigenvalue weighted by molar-refractivity contribution is -0.162. The minimum absolute atomic E-state index is 0.180. The fourth-order valence-electron chi connectivity index (χ4n) is 2.38. The van der Waals surface area contributed by atoms with Crippen molar-refractivity contribution in [1.29, 1.82) is 0 Å². The number of benzene rings is 2. The Hall–Kier alpha value is -2.30. The minimum Gasteiger partial charge on any atom is -0.293 e. The van der Waals surface area contributed by atoms with E-state index < -0.39 is 23.7 Å². The van der Waals surface area contributed by atoms with Gasteiger partial charge in [0.1, 0.15) is 11.9 Å². The predicted octanol–water partition coefficient (Wildman–Crippen LogP) is 3.55. The van der Waals surface area contributed by atoms with Gasteiger partial charge in [-0.25, -0.2) is 4.39 Å². The summed E-state index contributed by atoms with van der Waals surface area (Å²) < 4.78 is 41.4. The zero-order chi connectivity index (χ0) is 14.3. The lowest BCUT2D eigenvalue weighted by atomic mass is 9.88. The van der Waals surface area contributed by atoms with Crippen molar-refractivity contribution in [3.05, 3.63) is 66.0 Å². The highest BCUT2D eigenvalue weighted by molar-refractivity contribution is 6.07. The number of carbonyl (C=O) groups is 1. The zero-order valence-corrected chi connectivity index (χ0v) is 10.3. The summed E-state index contributed by atoms with van der Waals surface area (Å²) in [5, 5.41) is 0. The molecule has 1 amide bonds. The second-order valence-electron chi connectivity index (χ2n) is 4.56. The quantitative estimate of drug-likeness (QED) is 0.769. The lowest BCUT2D eigenvalue weighted by Gasteiger charge is -2.46. The summed E-state index contributed by atoms with van der Waals surface area (Å²) in [7, 11) is 0. The van der Waals surface area contributed by atoms with E-state index in [1.807, 2.05) is 0 Å². The average Bonchev–Trinajstić information content (AvgIpc) is 2.46. The molecule has 1 aliphatic rings. The summed E-state index contributed by atoms with van der Waals surface area (Å²) in [4.78, 5) is 12.6. The lowest BCUT2D eigenvalue weighted by Crippen LogP contribution is -2.64. The van der Waals surface area contributed by atoms with Crippen LogP contribution in [-0.4, -0.2) is 11.8 Å². The van der Waals surface area contributed by atoms with Crippen molar-refractivity contribution in [3.63, 3.8) is 0 Å². The number of nitrogens with zero attached hydrogens (tertiary/aromatic N) is 1. The number of hydrogen-bond acceptors (Lipinski definition) is 1. The van der Waals surface area contributed by atoms with Gasteiger partial charge >= 0.3 is 11.8 Å². The Bertz CT molecular complexity index is 657. The summed E-state index contributed by atoms with van der Waals surface area (Å²) in [5.41, 5.74) is 0.151. The monoisotopic (exact) mass is 277 g/mol. The molecule has 1 heterocycles. The van der Waals surface area contributed by atoms with Crippen molar-refractivity contribution in [2.45, 2.75) is 12.0 Å². The van der Waals surface area contributed by atoms with Crippen LogP contribution < -0.4 is 4.90 Å². The Balaban J connectivity index is 2.07. The Morgan fingerprint density at radius 2 is 1.55 bits per heavy atom. The summed E-state index contributed by atoms with van der Waals surface area (Å²) >= 11 is 0. The molecular formula is C15H10F3NO. The number of anilines is 1. The summed E-state index contributed by atoms with van der Waals surface area (Å²) in [6, 6.07) is 11.7. The van der Waals surface area contributed by atoms with Crippen molar-refractivity contribution >= 4 is 11.6 Å². The van der Waals surface area contributed by atoms with Crippen molar-refractivity contribution < 1.29 is 18.0 Å². The third-order valence-electron chi connectivity index (χ3n) is 3.34. The number of halogens is 3. The molecule has 0 aliphatic carbocycles. The van der Waals surface area contributed by atoms with Crippen LogP contribution in [0.5, 0.6) is 0 Å². The van der Waals surface area contributed by atoms with Gasteiger partial charge in [-0.3, -0.25) is 9.69 Å². The van der Waals surface area contributed by atoms with Gasteiger partial charge < -0.3 is 0 Å². The maximum absolute atomic E-state index is 13.8. The first-order chi connectivity index (χ1) is 9.53. The van der Waals surface area contributed by atoms with E-state index in [0.717, 1.165) is 11.0 Å². The second kappa shape index (κ2) is 4.37. The molecule has 0 N–H and O–H groups in total. The molecule has 1 aliphatic heterocycles. The van der Waals surface area contributed by atoms with Gasteiger partial charge in [-0.1, -0.05) is 36.4 Å². The van der Waals surface area contributed by atoms with Gasteiger partial charge in [-0.15, -0.1) is 0 Å². The summed E-state index contributed by atoms with van der Waals surface area (Å²) in [6.07, 6.45) is 0. The molecule has 0 radical (unpaired) electrons. The van der Waals surface area contributed by atoms with Crippen LogP contribution in [0.25, 0.3) is 0 Å². The first-order valence-corrected chi connectivity index (χ1v) is 6.04. The largest absolute Gasteiger partial charge is 0.349 e. The fraction of sp³-hybridized carbons (Fsp3) is 0.133. The zero-order valence-electron chi connectivity index (χ0n) is 10.3. The number of alkyl halides is 2. The third-order valence-corrected chi connectivity index (χ3v) is 3.34. The van der Waals surface area contributed by atoms with Crippen LogP contribution in [0, 0.1) is 5.82 Å². The number of rotatable bonds is 2. The van der Waals surface area contributed by atoms with Crippen LogP contribution >= 0.6 is 0 Å². The molecule has 0 unspecified atom stereocenters. The molecule has 1 saturated heterocycles. The Morgan fingerprint density at radius 3 is 2.20 bits per heavy atom. The molecular weight excluding hydrogens is 267 g/mol. The standard InChI is InChI=1S/C15H10F3NO/c16-12-9-5-4-8-11(12)13-15(17,18)14(20)19(13)10-6-2-1-3-7-10/h1-9,13H/t13-/m0/s1. The second-order valence-corrected chi connectivity index (χ2v) is 4.56. The smallest absolute Gasteiger partial charge is 0.293 e. The number of hydrogen-bond donors (Lipinski definition) is 0. The van der Waals surface area contributed by atoms with Crippen LogP contribution in [0.2, 0.25) is 0 Å². The van der Waals surface area contributed by atoms with Crippen LogP contribution in [0.15, 0.2) is 54.6 Å². The molecule has 5 heteroatoms. The van der Waals surface area contributed by atoms with Gasteiger partial charge in [0.15, 0.2) is 0 Å². The number of carbonyl (C=O) groups excluding carboxylic acids is 1. The normalized spacial score (nSPS) is 20.6. The van der Waals surface area contributed by atoms with Gasteiger partial charge in [0.2, 0.25) is 0 Å². The van der Waals surface area contributed by atoms with E-state index in [4.69, 9.17) is 0 Å². The van der Waals surface area contributed by atoms with E-state index in [1.54, 1.807) is 30.3 Å². The predicted molar refractivity (Wildman–Crippen MR) is 68.0 cm³/mol. The van der Waals surface area contributed by atoms with E-state index >= 15 is 0 Å². The number of para-hydroxylation sites is 1. The van der Waals surface area contributed by atoms with Crippen LogP contribution in [-0.2, 0) is 4.79 Å². The molecule has 2 nitrogen and oxygen atoms in total. The fourth-order valence-corrected chi connectivity index (χ4v) is 2.38. The topological polar surface area (TPSA) is 20.3 Å². The van der Waals surface area contributed by atoms with Gasteiger partial charge in [0.05, 0.1) is 0 Å². The Morgan fingerprint density at radius 1 is 0.950 bits per heavy atom. The Kier molecular flexibility index (Phi) is 2.78.